The molecule has 0 radical (unpaired) electrons. The van der Waals surface area contributed by atoms with Gasteiger partial charge in [-0.1, -0.05) is 12.1 Å². The summed E-state index contributed by atoms with van der Waals surface area (Å²) in [5.41, 5.74) is 0.334. The lowest BCUT2D eigenvalue weighted by Crippen LogP contribution is -2.54. The molecule has 0 saturated heterocycles. The molecule has 9 nitrogen and oxygen atoms in total. The molecule has 3 rings (SSSR count). The molecule has 1 N–H and O–H groups in total. The minimum absolute atomic E-state index is 0.0482. The third-order valence-electron chi connectivity index (χ3n) is 4.00. The number of nitrogens with one attached hydrogen (secondary N) is 1. The minimum Gasteiger partial charge on any atom is -0.472 e. The number of ether oxygens (including phenoxy) is 1. The van der Waals surface area contributed by atoms with Crippen LogP contribution >= 0.6 is 0 Å². The number of carbonyl (C=O) groups excluding carboxylic acids is 2. The van der Waals surface area contributed by atoms with E-state index in [1.807, 2.05) is 13.0 Å². The largest absolute Gasteiger partial charge is 0.472 e. The fraction of sp³-hybridized carbons (Fsp3) is 0.278. The van der Waals surface area contributed by atoms with Crippen LogP contribution in [0.1, 0.15) is 19.4 Å². The highest BCUT2D eigenvalue weighted by Crippen LogP contribution is 2.37. The number of anilines is 2. The van der Waals surface area contributed by atoms with Gasteiger partial charge in [0.1, 0.15) is 6.54 Å². The molecule has 9 heteroatoms. The van der Waals surface area contributed by atoms with Crippen LogP contribution in [0.25, 0.3) is 0 Å². The zero-order valence-corrected chi connectivity index (χ0v) is 15.1. The molecule has 1 aromatic heterocycles. The molecule has 1 aliphatic rings. The van der Waals surface area contributed by atoms with Gasteiger partial charge in [0.15, 0.2) is 11.4 Å². The van der Waals surface area contributed by atoms with Gasteiger partial charge in [0, 0.05) is 11.8 Å². The maximum atomic E-state index is 12.7. The van der Waals surface area contributed by atoms with Gasteiger partial charge in [0.05, 0.1) is 0 Å². The second kappa shape index (κ2) is 6.67. The first kappa shape index (κ1) is 18.3. The van der Waals surface area contributed by atoms with Crippen LogP contribution in [-0.4, -0.2) is 33.9 Å². The zero-order valence-electron chi connectivity index (χ0n) is 15.1. The van der Waals surface area contributed by atoms with E-state index < -0.39 is 28.2 Å². The van der Waals surface area contributed by atoms with Crippen molar-refractivity contribution in [2.45, 2.75) is 26.4 Å². The van der Waals surface area contributed by atoms with Crippen LogP contribution < -0.4 is 15.0 Å². The van der Waals surface area contributed by atoms with E-state index in [1.54, 1.807) is 32.0 Å². The molecule has 2 amide bonds. The van der Waals surface area contributed by atoms with Crippen LogP contribution in [0.5, 0.6) is 5.75 Å². The van der Waals surface area contributed by atoms with Gasteiger partial charge in [0.2, 0.25) is 5.91 Å². The van der Waals surface area contributed by atoms with Crippen LogP contribution in [0.15, 0.2) is 36.4 Å². The zero-order chi connectivity index (χ0) is 19.8. The van der Waals surface area contributed by atoms with Crippen LogP contribution in [0.3, 0.4) is 0 Å². The third-order valence-corrected chi connectivity index (χ3v) is 4.00. The maximum absolute atomic E-state index is 12.7. The Morgan fingerprint density at radius 2 is 2.07 bits per heavy atom. The number of pyridine rings is 1. The highest BCUT2D eigenvalue weighted by Gasteiger charge is 2.45. The molecule has 1 aromatic carbocycles. The first-order valence-corrected chi connectivity index (χ1v) is 8.20. The van der Waals surface area contributed by atoms with Crippen molar-refractivity contribution in [3.8, 4) is 5.75 Å². The number of benzene rings is 1. The SMILES string of the molecule is Cc1cccc(NC(=O)CN2C(=O)C(C)(C)Oc3ccc([N+](=O)[O-])nc32)c1. The molecule has 140 valence electrons. The second-order valence-corrected chi connectivity index (χ2v) is 6.67. The third kappa shape index (κ3) is 3.71. The van der Waals surface area contributed by atoms with Gasteiger partial charge < -0.3 is 20.2 Å². The Bertz CT molecular complexity index is 941. The molecule has 0 spiro atoms. The lowest BCUT2D eigenvalue weighted by atomic mass is 10.1. The van der Waals surface area contributed by atoms with Crippen LogP contribution in [0, 0.1) is 17.0 Å². The van der Waals surface area contributed by atoms with Gasteiger partial charge in [-0.3, -0.25) is 14.5 Å². The number of carbonyl (C=O) groups is 2. The molecule has 2 aromatic rings. The van der Waals surface area contributed by atoms with Gasteiger partial charge in [-0.05, 0) is 54.4 Å². The molecule has 27 heavy (non-hydrogen) atoms. The van der Waals surface area contributed by atoms with Gasteiger partial charge in [-0.15, -0.1) is 0 Å². The first-order chi connectivity index (χ1) is 12.7. The number of nitro groups is 1. The molecule has 0 aliphatic carbocycles. The second-order valence-electron chi connectivity index (χ2n) is 6.67. The van der Waals surface area contributed by atoms with Crippen molar-refractivity contribution >= 4 is 29.1 Å². The Morgan fingerprint density at radius 3 is 2.74 bits per heavy atom. The predicted molar refractivity (Wildman–Crippen MR) is 97.8 cm³/mol. The van der Waals surface area contributed by atoms with Crippen molar-refractivity contribution in [2.75, 3.05) is 16.8 Å². The van der Waals surface area contributed by atoms with E-state index in [0.29, 0.717) is 5.69 Å². The smallest absolute Gasteiger partial charge is 0.366 e. The van der Waals surface area contributed by atoms with E-state index in [-0.39, 0.29) is 18.1 Å². The molecule has 0 atom stereocenters. The summed E-state index contributed by atoms with van der Waals surface area (Å²) in [4.78, 5) is 40.6. The lowest BCUT2D eigenvalue weighted by Gasteiger charge is -2.35. The van der Waals surface area contributed by atoms with E-state index in [4.69, 9.17) is 4.74 Å². The summed E-state index contributed by atoms with van der Waals surface area (Å²) in [6.07, 6.45) is 0. The van der Waals surface area contributed by atoms with Crippen molar-refractivity contribution in [1.82, 2.24) is 4.98 Å². The summed E-state index contributed by atoms with van der Waals surface area (Å²) in [5.74, 6) is -1.25. The normalized spacial score (nSPS) is 14.9. The minimum atomic E-state index is -1.23. The summed E-state index contributed by atoms with van der Waals surface area (Å²) >= 11 is 0. The van der Waals surface area contributed by atoms with E-state index >= 15 is 0 Å². The Labute approximate surface area is 155 Å². The summed E-state index contributed by atoms with van der Waals surface area (Å²) in [6.45, 7) is 4.67. The summed E-state index contributed by atoms with van der Waals surface area (Å²) in [7, 11) is 0. The van der Waals surface area contributed by atoms with Crippen LogP contribution in [-0.2, 0) is 9.59 Å². The van der Waals surface area contributed by atoms with Gasteiger partial charge in [-0.25, -0.2) is 0 Å². The number of hydrogen-bond acceptors (Lipinski definition) is 6. The molecule has 1 aliphatic heterocycles. The van der Waals surface area contributed by atoms with Crippen molar-refractivity contribution in [2.24, 2.45) is 0 Å². The van der Waals surface area contributed by atoms with E-state index in [9.17, 15) is 19.7 Å². The van der Waals surface area contributed by atoms with Crippen molar-refractivity contribution in [3.63, 3.8) is 0 Å². The predicted octanol–water partition coefficient (Wildman–Crippen LogP) is 2.44. The molecule has 2 heterocycles. The average molecular weight is 370 g/mol. The highest BCUT2D eigenvalue weighted by molar-refractivity contribution is 6.07. The van der Waals surface area contributed by atoms with Crippen LogP contribution in [0.4, 0.5) is 17.3 Å². The monoisotopic (exact) mass is 370 g/mol. The van der Waals surface area contributed by atoms with E-state index in [2.05, 4.69) is 10.3 Å². The first-order valence-electron chi connectivity index (χ1n) is 8.20. The standard InChI is InChI=1S/C18H18N4O5/c1-11-5-4-6-12(9-11)19-15(23)10-21-16-13(27-18(2,3)17(21)24)7-8-14(20-16)22(25)26/h4-9H,10H2,1-3H3,(H,19,23). The van der Waals surface area contributed by atoms with Crippen molar-refractivity contribution in [3.05, 3.63) is 52.1 Å². The Morgan fingerprint density at radius 1 is 1.33 bits per heavy atom. The molecule has 0 saturated carbocycles. The van der Waals surface area contributed by atoms with Crippen molar-refractivity contribution < 1.29 is 19.2 Å². The molecule has 0 bridgehead atoms. The number of rotatable bonds is 4. The van der Waals surface area contributed by atoms with Gasteiger partial charge in [0.25, 0.3) is 11.7 Å². The molecular weight excluding hydrogens is 352 g/mol. The lowest BCUT2D eigenvalue weighted by molar-refractivity contribution is -0.389. The summed E-state index contributed by atoms with van der Waals surface area (Å²) in [6, 6.07) is 9.78. The molecule has 0 fully saturated rings. The van der Waals surface area contributed by atoms with Crippen molar-refractivity contribution in [1.29, 1.82) is 0 Å². The molecule has 0 unspecified atom stereocenters. The Hall–Kier alpha value is -3.49. The fourth-order valence-electron chi connectivity index (χ4n) is 2.75. The molecular formula is C18H18N4O5. The summed E-state index contributed by atoms with van der Waals surface area (Å²) < 4.78 is 5.60. The number of nitrogens with zero attached hydrogens (tertiary/aromatic N) is 3. The number of fused-ring (bicyclic) bond motifs is 1. The van der Waals surface area contributed by atoms with E-state index in [0.717, 1.165) is 10.5 Å². The number of amides is 2. The quantitative estimate of drug-likeness (QED) is 0.653. The van der Waals surface area contributed by atoms with E-state index in [1.165, 1.54) is 12.1 Å². The number of aromatic nitrogens is 1. The number of hydrogen-bond donors (Lipinski definition) is 1. The fourth-order valence-corrected chi connectivity index (χ4v) is 2.75. The van der Waals surface area contributed by atoms with Crippen LogP contribution in [0.2, 0.25) is 0 Å². The summed E-state index contributed by atoms with van der Waals surface area (Å²) in [5, 5.41) is 13.7. The Balaban J connectivity index is 1.91. The topological polar surface area (TPSA) is 115 Å². The highest BCUT2D eigenvalue weighted by atomic mass is 16.6. The Kier molecular flexibility index (Phi) is 4.52. The van der Waals surface area contributed by atoms with Gasteiger partial charge >= 0.3 is 5.82 Å². The van der Waals surface area contributed by atoms with Gasteiger partial charge in [-0.2, -0.15) is 0 Å². The number of aryl methyl sites for hydroxylation is 1. The average Bonchev–Trinajstić information content (AvgIpc) is 2.58. The maximum Gasteiger partial charge on any atom is 0.366 e.